The molecule has 1 atom stereocenters. The number of hydrogen-bond acceptors (Lipinski definition) is 4. The smallest absolute Gasteiger partial charge is 0.335 e. The fourth-order valence-electron chi connectivity index (χ4n) is 4.72. The van der Waals surface area contributed by atoms with Crippen molar-refractivity contribution >= 4 is 21.5 Å². The van der Waals surface area contributed by atoms with Gasteiger partial charge in [-0.25, -0.2) is 13.2 Å². The van der Waals surface area contributed by atoms with Crippen LogP contribution >= 0.6 is 0 Å². The number of anilines is 1. The summed E-state index contributed by atoms with van der Waals surface area (Å²) in [5.41, 5.74) is 3.54. The zero-order valence-corrected chi connectivity index (χ0v) is 19.6. The second-order valence-electron chi connectivity index (χ2n) is 8.65. The van der Waals surface area contributed by atoms with E-state index in [0.29, 0.717) is 6.42 Å². The summed E-state index contributed by atoms with van der Waals surface area (Å²) in [6.07, 6.45) is 7.45. The standard InChI is InChI=1S/C26H30N2O4S/c1-2-26(24-12-9-18-28(24)23-11-6-5-10-22(23)27-26)17-7-3-4-8-19-33(31,32)21-15-13-20(14-16-21)25(29)30/h5-6,9-16,18,27H,2-4,7-8,17,19H2,1H3,(H,29,30). The lowest BCUT2D eigenvalue weighted by Crippen LogP contribution is -2.40. The van der Waals surface area contributed by atoms with Crippen LogP contribution in [0.2, 0.25) is 0 Å². The van der Waals surface area contributed by atoms with Crippen LogP contribution in [0.25, 0.3) is 5.69 Å². The number of sulfone groups is 1. The van der Waals surface area contributed by atoms with Gasteiger partial charge in [-0.05, 0) is 67.8 Å². The summed E-state index contributed by atoms with van der Waals surface area (Å²) >= 11 is 0. The van der Waals surface area contributed by atoms with E-state index in [2.05, 4.69) is 59.4 Å². The van der Waals surface area contributed by atoms with Crippen LogP contribution < -0.4 is 5.32 Å². The van der Waals surface area contributed by atoms with E-state index in [0.717, 1.165) is 37.8 Å². The summed E-state index contributed by atoms with van der Waals surface area (Å²) in [6.45, 7) is 2.21. The predicted octanol–water partition coefficient (Wildman–Crippen LogP) is 5.63. The highest BCUT2D eigenvalue weighted by atomic mass is 32.2. The second-order valence-corrected chi connectivity index (χ2v) is 10.8. The minimum absolute atomic E-state index is 0.0762. The molecule has 0 saturated carbocycles. The van der Waals surface area contributed by atoms with Crippen LogP contribution in [0.5, 0.6) is 0 Å². The predicted molar refractivity (Wildman–Crippen MR) is 130 cm³/mol. The van der Waals surface area contributed by atoms with Gasteiger partial charge in [0, 0.05) is 11.9 Å². The Morgan fingerprint density at radius 3 is 2.42 bits per heavy atom. The minimum atomic E-state index is -3.40. The van der Waals surface area contributed by atoms with Crippen LogP contribution in [0, 0.1) is 0 Å². The van der Waals surface area contributed by atoms with Crippen LogP contribution in [0.4, 0.5) is 5.69 Å². The molecule has 2 heterocycles. The zero-order chi connectivity index (χ0) is 23.5. The number of aromatic carboxylic acids is 1. The van der Waals surface area contributed by atoms with Crippen molar-refractivity contribution in [2.75, 3.05) is 11.1 Å². The molecule has 33 heavy (non-hydrogen) atoms. The molecule has 1 unspecified atom stereocenters. The molecule has 0 amide bonds. The van der Waals surface area contributed by atoms with Gasteiger partial charge in [0.15, 0.2) is 9.84 Å². The Bertz CT molecular complexity index is 1230. The third-order valence-electron chi connectivity index (χ3n) is 6.61. The molecule has 1 aliphatic rings. The molecule has 3 aromatic rings. The molecule has 1 aliphatic heterocycles. The normalized spacial score (nSPS) is 17.1. The summed E-state index contributed by atoms with van der Waals surface area (Å²) in [6, 6.07) is 18.1. The van der Waals surface area contributed by atoms with Crippen molar-refractivity contribution < 1.29 is 18.3 Å². The molecule has 0 bridgehead atoms. The number of carboxylic acids is 1. The topological polar surface area (TPSA) is 88.4 Å². The molecule has 174 valence electrons. The van der Waals surface area contributed by atoms with Crippen LogP contribution in [0.1, 0.15) is 61.5 Å². The Balaban J connectivity index is 1.31. The Morgan fingerprint density at radius 1 is 0.970 bits per heavy atom. The number of aromatic nitrogens is 1. The number of carboxylic acid groups (broad SMARTS) is 1. The van der Waals surface area contributed by atoms with Gasteiger partial charge in [0.1, 0.15) is 0 Å². The first kappa shape index (κ1) is 23.1. The Morgan fingerprint density at radius 2 is 1.70 bits per heavy atom. The molecular weight excluding hydrogens is 436 g/mol. The molecule has 0 fully saturated rings. The third kappa shape index (κ3) is 4.69. The maximum atomic E-state index is 12.6. The zero-order valence-electron chi connectivity index (χ0n) is 18.8. The summed E-state index contributed by atoms with van der Waals surface area (Å²) in [5.74, 6) is -0.987. The Hall–Kier alpha value is -3.06. The van der Waals surface area contributed by atoms with Crippen molar-refractivity contribution in [3.63, 3.8) is 0 Å². The Kier molecular flexibility index (Phi) is 6.61. The molecule has 6 nitrogen and oxygen atoms in total. The molecule has 0 aliphatic carbocycles. The number of nitrogens with zero attached hydrogens (tertiary/aromatic N) is 1. The number of nitrogens with one attached hydrogen (secondary N) is 1. The Labute approximate surface area is 195 Å². The van der Waals surface area contributed by atoms with Gasteiger partial charge in [-0.2, -0.15) is 0 Å². The average molecular weight is 467 g/mol. The van der Waals surface area contributed by atoms with Gasteiger partial charge in [-0.15, -0.1) is 0 Å². The molecule has 2 N–H and O–H groups in total. The van der Waals surface area contributed by atoms with E-state index < -0.39 is 15.8 Å². The van der Waals surface area contributed by atoms with Gasteiger partial charge >= 0.3 is 5.97 Å². The van der Waals surface area contributed by atoms with E-state index >= 15 is 0 Å². The minimum Gasteiger partial charge on any atom is -0.478 e. The first-order chi connectivity index (χ1) is 15.9. The third-order valence-corrected chi connectivity index (χ3v) is 8.42. The number of hydrogen-bond donors (Lipinski definition) is 2. The van der Waals surface area contributed by atoms with Crippen LogP contribution in [-0.4, -0.2) is 29.8 Å². The van der Waals surface area contributed by atoms with Crippen LogP contribution in [-0.2, 0) is 15.4 Å². The fourth-order valence-corrected chi connectivity index (χ4v) is 6.09. The lowest BCUT2D eigenvalue weighted by molar-refractivity contribution is 0.0696. The van der Waals surface area contributed by atoms with Crippen molar-refractivity contribution in [1.82, 2.24) is 4.57 Å². The van der Waals surface area contributed by atoms with Crippen molar-refractivity contribution in [3.05, 3.63) is 78.1 Å². The molecule has 0 spiro atoms. The largest absolute Gasteiger partial charge is 0.478 e. The van der Waals surface area contributed by atoms with Gasteiger partial charge in [0.05, 0.1) is 33.1 Å². The number of unbranched alkanes of at least 4 members (excludes halogenated alkanes) is 3. The highest BCUT2D eigenvalue weighted by molar-refractivity contribution is 7.91. The van der Waals surface area contributed by atoms with Gasteiger partial charge < -0.3 is 15.0 Å². The van der Waals surface area contributed by atoms with Crippen molar-refractivity contribution in [3.8, 4) is 5.69 Å². The van der Waals surface area contributed by atoms with E-state index in [1.165, 1.54) is 35.6 Å². The summed E-state index contributed by atoms with van der Waals surface area (Å²) in [5, 5.41) is 12.8. The summed E-state index contributed by atoms with van der Waals surface area (Å²) in [4.78, 5) is 11.1. The monoisotopic (exact) mass is 466 g/mol. The summed E-state index contributed by atoms with van der Waals surface area (Å²) in [7, 11) is -3.40. The molecule has 4 rings (SSSR count). The number of para-hydroxylation sites is 2. The molecule has 0 radical (unpaired) electrons. The first-order valence-corrected chi connectivity index (χ1v) is 13.1. The first-order valence-electron chi connectivity index (χ1n) is 11.5. The number of carbonyl (C=O) groups is 1. The summed E-state index contributed by atoms with van der Waals surface area (Å²) < 4.78 is 27.4. The number of benzene rings is 2. The fraction of sp³-hybridized carbons (Fsp3) is 0.346. The molecule has 7 heteroatoms. The molecule has 0 saturated heterocycles. The van der Waals surface area contributed by atoms with E-state index in [1.54, 1.807) is 0 Å². The van der Waals surface area contributed by atoms with Gasteiger partial charge in [0.25, 0.3) is 0 Å². The van der Waals surface area contributed by atoms with Crippen molar-refractivity contribution in [2.45, 2.75) is 55.9 Å². The van der Waals surface area contributed by atoms with Crippen molar-refractivity contribution in [2.24, 2.45) is 0 Å². The second kappa shape index (κ2) is 9.43. The van der Waals surface area contributed by atoms with Crippen molar-refractivity contribution in [1.29, 1.82) is 0 Å². The highest BCUT2D eigenvalue weighted by Crippen LogP contribution is 2.42. The van der Waals surface area contributed by atoms with E-state index in [1.807, 2.05) is 0 Å². The highest BCUT2D eigenvalue weighted by Gasteiger charge is 2.36. The van der Waals surface area contributed by atoms with E-state index in [9.17, 15) is 13.2 Å². The molecule has 2 aromatic carbocycles. The van der Waals surface area contributed by atoms with Crippen LogP contribution in [0.3, 0.4) is 0 Å². The lowest BCUT2D eigenvalue weighted by Gasteiger charge is -2.41. The number of rotatable bonds is 10. The van der Waals surface area contributed by atoms with Crippen LogP contribution in [0.15, 0.2) is 71.8 Å². The lowest BCUT2D eigenvalue weighted by atomic mass is 9.84. The SMILES string of the molecule is CCC1(CCCCCCS(=O)(=O)c2ccc(C(=O)O)cc2)Nc2ccccc2-n2cccc21. The van der Waals surface area contributed by atoms with E-state index in [-0.39, 0.29) is 21.8 Å². The quantitative estimate of drug-likeness (QED) is 0.378. The molecule has 1 aromatic heterocycles. The maximum Gasteiger partial charge on any atom is 0.335 e. The molecular formula is C26H30N2O4S. The van der Waals surface area contributed by atoms with Gasteiger partial charge in [-0.1, -0.05) is 38.3 Å². The number of fused-ring (bicyclic) bond motifs is 3. The van der Waals surface area contributed by atoms with E-state index in [4.69, 9.17) is 5.11 Å². The van der Waals surface area contributed by atoms with Gasteiger partial charge in [-0.3, -0.25) is 0 Å². The maximum absolute atomic E-state index is 12.6. The van der Waals surface area contributed by atoms with Gasteiger partial charge in [0.2, 0.25) is 0 Å². The average Bonchev–Trinajstić information content (AvgIpc) is 3.32.